The summed E-state index contributed by atoms with van der Waals surface area (Å²) in [5.74, 6) is 0.0913. The lowest BCUT2D eigenvalue weighted by molar-refractivity contribution is -0.124. The van der Waals surface area contributed by atoms with E-state index in [1.165, 1.54) is 6.21 Å². The largest absolute Gasteiger partial charge is 0.488 e. The van der Waals surface area contributed by atoms with E-state index < -0.39 is 0 Å². The summed E-state index contributed by atoms with van der Waals surface area (Å²) in [5, 5.41) is 6.80. The Kier molecular flexibility index (Phi) is 9.24. The molecule has 0 saturated carbocycles. The van der Waals surface area contributed by atoms with E-state index in [4.69, 9.17) is 4.74 Å². The number of halogens is 2. The fourth-order valence-electron chi connectivity index (χ4n) is 2.74. The average Bonchev–Trinajstić information content (AvgIpc) is 2.79. The summed E-state index contributed by atoms with van der Waals surface area (Å²) >= 11 is 5.60. The average molecular weight is 606 g/mol. The van der Waals surface area contributed by atoms with Crippen LogP contribution in [0.5, 0.6) is 5.75 Å². The van der Waals surface area contributed by atoms with Crippen LogP contribution in [0.4, 0.5) is 5.69 Å². The molecule has 0 fully saturated rings. The topological polar surface area (TPSA) is 79.8 Å². The molecule has 0 aliphatic heterocycles. The highest BCUT2D eigenvalue weighted by atomic mass is 127. The second kappa shape index (κ2) is 12.4. The fourth-order valence-corrected chi connectivity index (χ4v) is 3.71. The first kappa shape index (κ1) is 23.9. The van der Waals surface area contributed by atoms with E-state index in [1.54, 1.807) is 0 Å². The third kappa shape index (κ3) is 7.76. The summed E-state index contributed by atoms with van der Waals surface area (Å²) in [6.07, 6.45) is 1.63. The number of rotatable bonds is 9. The molecule has 0 bridgehead atoms. The van der Waals surface area contributed by atoms with Crippen LogP contribution in [0, 0.1) is 3.57 Å². The van der Waals surface area contributed by atoms with Crippen LogP contribution in [0.15, 0.2) is 82.4 Å². The summed E-state index contributed by atoms with van der Waals surface area (Å²) < 4.78 is 7.83. The molecular weight excluding hydrogens is 585 g/mol. The number of para-hydroxylation sites is 2. The van der Waals surface area contributed by atoms with Crippen LogP contribution >= 0.6 is 38.5 Å². The summed E-state index contributed by atoms with van der Waals surface area (Å²) in [7, 11) is 0. The van der Waals surface area contributed by atoms with Crippen molar-refractivity contribution in [1.82, 2.24) is 5.43 Å². The number of nitrogens with one attached hydrogen (secondary N) is 2. The SMILES string of the molecule is O=C(CCC(=O)Nc1ccccc1I)NN=Cc1ccccc1OCc1cccc(Br)c1. The Hall–Kier alpha value is -2.72. The third-order valence-corrected chi connectivity index (χ3v) is 5.76. The monoisotopic (exact) mass is 605 g/mol. The molecule has 0 heterocycles. The molecule has 2 N–H and O–H groups in total. The van der Waals surface area contributed by atoms with Crippen molar-refractivity contribution >= 4 is 62.2 Å². The van der Waals surface area contributed by atoms with Gasteiger partial charge in [0.1, 0.15) is 12.4 Å². The first-order valence-corrected chi connectivity index (χ1v) is 11.7. The molecule has 0 aliphatic carbocycles. The maximum Gasteiger partial charge on any atom is 0.240 e. The molecule has 3 aromatic rings. The van der Waals surface area contributed by atoms with Crippen molar-refractivity contribution in [3.63, 3.8) is 0 Å². The lowest BCUT2D eigenvalue weighted by Gasteiger charge is -2.09. The Morgan fingerprint density at radius 2 is 1.72 bits per heavy atom. The van der Waals surface area contributed by atoms with Gasteiger partial charge < -0.3 is 10.1 Å². The highest BCUT2D eigenvalue weighted by Crippen LogP contribution is 2.19. The Labute approximate surface area is 208 Å². The predicted octanol–water partition coefficient (Wildman–Crippen LogP) is 5.50. The molecule has 3 rings (SSSR count). The minimum atomic E-state index is -0.341. The number of hydrogen-bond donors (Lipinski definition) is 2. The van der Waals surface area contributed by atoms with Crippen LogP contribution in [0.2, 0.25) is 0 Å². The van der Waals surface area contributed by atoms with Gasteiger partial charge in [0, 0.05) is 26.4 Å². The molecule has 8 heteroatoms. The van der Waals surface area contributed by atoms with E-state index >= 15 is 0 Å². The first-order chi connectivity index (χ1) is 15.5. The van der Waals surface area contributed by atoms with Crippen molar-refractivity contribution in [2.75, 3.05) is 5.32 Å². The summed E-state index contributed by atoms with van der Waals surface area (Å²) in [5.41, 5.74) is 4.96. The van der Waals surface area contributed by atoms with Gasteiger partial charge >= 0.3 is 0 Å². The van der Waals surface area contributed by atoms with Gasteiger partial charge in [-0.15, -0.1) is 0 Å². The number of anilines is 1. The van der Waals surface area contributed by atoms with E-state index in [0.29, 0.717) is 12.4 Å². The normalized spacial score (nSPS) is 10.7. The van der Waals surface area contributed by atoms with Crippen LogP contribution in [0.25, 0.3) is 0 Å². The lowest BCUT2D eigenvalue weighted by Crippen LogP contribution is -2.21. The Bertz CT molecular complexity index is 1120. The molecule has 0 atom stereocenters. The van der Waals surface area contributed by atoms with Crippen LogP contribution in [0.3, 0.4) is 0 Å². The molecule has 32 heavy (non-hydrogen) atoms. The minimum absolute atomic E-state index is 0.0353. The zero-order chi connectivity index (χ0) is 22.8. The molecule has 0 saturated heterocycles. The number of carbonyl (C=O) groups is 2. The minimum Gasteiger partial charge on any atom is -0.488 e. The molecule has 6 nitrogen and oxygen atoms in total. The van der Waals surface area contributed by atoms with Gasteiger partial charge in [0.25, 0.3) is 0 Å². The van der Waals surface area contributed by atoms with Crippen molar-refractivity contribution in [2.45, 2.75) is 19.4 Å². The van der Waals surface area contributed by atoms with Gasteiger partial charge in [-0.25, -0.2) is 5.43 Å². The Balaban J connectivity index is 1.47. The number of ether oxygens (including phenoxy) is 1. The summed E-state index contributed by atoms with van der Waals surface area (Å²) in [4.78, 5) is 24.1. The summed E-state index contributed by atoms with van der Waals surface area (Å²) in [6.45, 7) is 0.409. The van der Waals surface area contributed by atoms with E-state index in [9.17, 15) is 9.59 Å². The second-order valence-corrected chi connectivity index (χ2v) is 8.86. The van der Waals surface area contributed by atoms with Crippen LogP contribution in [-0.4, -0.2) is 18.0 Å². The standard InChI is InChI=1S/C24H21BrIN3O3/c25-19-8-5-6-17(14-19)16-32-22-11-4-1-7-18(22)15-27-29-24(31)13-12-23(30)28-21-10-3-2-9-20(21)26/h1-11,14-15H,12-13,16H2,(H,28,30)(H,29,31). The molecule has 0 radical (unpaired) electrons. The Morgan fingerprint density at radius 1 is 0.969 bits per heavy atom. The maximum absolute atomic E-state index is 12.1. The first-order valence-electron chi connectivity index (χ1n) is 9.84. The van der Waals surface area contributed by atoms with E-state index in [2.05, 4.69) is 54.4 Å². The highest BCUT2D eigenvalue weighted by Gasteiger charge is 2.08. The third-order valence-electron chi connectivity index (χ3n) is 4.32. The van der Waals surface area contributed by atoms with Crippen molar-refractivity contribution in [2.24, 2.45) is 5.10 Å². The van der Waals surface area contributed by atoms with Crippen molar-refractivity contribution in [3.05, 3.63) is 92.0 Å². The number of amides is 2. The summed E-state index contributed by atoms with van der Waals surface area (Å²) in [6, 6.07) is 22.8. The lowest BCUT2D eigenvalue weighted by atomic mass is 10.2. The highest BCUT2D eigenvalue weighted by molar-refractivity contribution is 14.1. The van der Waals surface area contributed by atoms with Gasteiger partial charge in [-0.3, -0.25) is 9.59 Å². The molecule has 3 aromatic carbocycles. The fraction of sp³-hybridized carbons (Fsp3) is 0.125. The maximum atomic E-state index is 12.1. The molecule has 0 unspecified atom stereocenters. The number of benzene rings is 3. The zero-order valence-electron chi connectivity index (χ0n) is 17.1. The van der Waals surface area contributed by atoms with Gasteiger partial charge in [-0.05, 0) is 64.6 Å². The Morgan fingerprint density at radius 3 is 2.53 bits per heavy atom. The second-order valence-electron chi connectivity index (χ2n) is 6.78. The molecule has 0 aromatic heterocycles. The van der Waals surface area contributed by atoms with Gasteiger partial charge in [-0.2, -0.15) is 5.10 Å². The van der Waals surface area contributed by atoms with Gasteiger partial charge in [0.2, 0.25) is 11.8 Å². The number of nitrogens with zero attached hydrogens (tertiary/aromatic N) is 1. The molecule has 164 valence electrons. The number of hydrazone groups is 1. The van der Waals surface area contributed by atoms with Gasteiger partial charge in [0.15, 0.2) is 0 Å². The number of carbonyl (C=O) groups excluding carboxylic acids is 2. The number of hydrogen-bond acceptors (Lipinski definition) is 4. The molecule has 0 aliphatic rings. The smallest absolute Gasteiger partial charge is 0.240 e. The van der Waals surface area contributed by atoms with E-state index in [0.717, 1.165) is 24.9 Å². The molecular formula is C24H21BrIN3O3. The van der Waals surface area contributed by atoms with Crippen molar-refractivity contribution in [3.8, 4) is 5.75 Å². The van der Waals surface area contributed by atoms with Gasteiger partial charge in [0.05, 0.1) is 11.9 Å². The van der Waals surface area contributed by atoms with Crippen molar-refractivity contribution in [1.29, 1.82) is 0 Å². The molecule has 2 amide bonds. The molecule has 0 spiro atoms. The van der Waals surface area contributed by atoms with Crippen LogP contribution in [-0.2, 0) is 16.2 Å². The quantitative estimate of drug-likeness (QED) is 0.192. The predicted molar refractivity (Wildman–Crippen MR) is 138 cm³/mol. The van der Waals surface area contributed by atoms with Gasteiger partial charge in [-0.1, -0.05) is 52.3 Å². The van der Waals surface area contributed by atoms with E-state index in [-0.39, 0.29) is 24.7 Å². The van der Waals surface area contributed by atoms with E-state index in [1.807, 2.05) is 72.8 Å². The van der Waals surface area contributed by atoms with Crippen LogP contribution in [0.1, 0.15) is 24.0 Å². The van der Waals surface area contributed by atoms with Crippen LogP contribution < -0.4 is 15.5 Å². The zero-order valence-corrected chi connectivity index (χ0v) is 20.8. The van der Waals surface area contributed by atoms with Crippen molar-refractivity contribution < 1.29 is 14.3 Å².